The van der Waals surface area contributed by atoms with Crippen molar-refractivity contribution in [2.75, 3.05) is 33.0 Å². The normalized spacial score (nSPS) is 18.9. The van der Waals surface area contributed by atoms with Crippen LogP contribution in [0.3, 0.4) is 0 Å². The van der Waals surface area contributed by atoms with Gasteiger partial charge in [0.2, 0.25) is 15.9 Å². The predicted octanol–water partition coefficient (Wildman–Crippen LogP) is 0.776. The molecule has 1 atom stereocenters. The van der Waals surface area contributed by atoms with E-state index in [0.717, 1.165) is 11.3 Å². The lowest BCUT2D eigenvalue weighted by Crippen LogP contribution is -2.47. The molecular weight excluding hydrogens is 356 g/mol. The van der Waals surface area contributed by atoms with Gasteiger partial charge in [0.05, 0.1) is 19.0 Å². The molecule has 1 heterocycles. The van der Waals surface area contributed by atoms with E-state index in [1.165, 1.54) is 10.6 Å². The van der Waals surface area contributed by atoms with E-state index in [9.17, 15) is 18.3 Å². The van der Waals surface area contributed by atoms with Gasteiger partial charge in [-0.15, -0.1) is 0 Å². The maximum atomic E-state index is 12.3. The molecule has 0 aliphatic carbocycles. The molecule has 1 amide bonds. The van der Waals surface area contributed by atoms with Gasteiger partial charge in [-0.25, -0.2) is 12.7 Å². The number of methoxy groups -OCH3 is 1. The molecule has 1 aliphatic rings. The number of carbonyl (C=O) groups excluding carboxylic acids is 1. The third kappa shape index (κ3) is 5.96. The highest BCUT2D eigenvalue weighted by Crippen LogP contribution is 2.20. The lowest BCUT2D eigenvalue weighted by atomic mass is 9.94. The van der Waals surface area contributed by atoms with Crippen LogP contribution in [0.4, 0.5) is 0 Å². The number of ether oxygens (including phenoxy) is 1. The molecule has 1 aromatic carbocycles. The van der Waals surface area contributed by atoms with E-state index in [-0.39, 0.29) is 18.4 Å². The lowest BCUT2D eigenvalue weighted by Gasteiger charge is -2.30. The minimum absolute atomic E-state index is 0.131. The zero-order valence-corrected chi connectivity index (χ0v) is 16.4. The number of aliphatic hydroxyl groups is 1. The number of amides is 1. The van der Waals surface area contributed by atoms with E-state index < -0.39 is 15.6 Å². The van der Waals surface area contributed by atoms with Crippen molar-refractivity contribution >= 4 is 15.9 Å². The molecular formula is C18H28N2O5S. The molecule has 146 valence electrons. The molecule has 26 heavy (non-hydrogen) atoms. The Labute approximate surface area is 155 Å². The van der Waals surface area contributed by atoms with Crippen LogP contribution in [0.5, 0.6) is 5.75 Å². The molecule has 2 N–H and O–H groups in total. The van der Waals surface area contributed by atoms with Crippen LogP contribution in [0.2, 0.25) is 0 Å². The van der Waals surface area contributed by atoms with E-state index >= 15 is 0 Å². The van der Waals surface area contributed by atoms with E-state index in [1.54, 1.807) is 14.0 Å². The number of sulfonamides is 1. The average Bonchev–Trinajstić information content (AvgIpc) is 2.59. The van der Waals surface area contributed by atoms with Crippen LogP contribution < -0.4 is 10.1 Å². The summed E-state index contributed by atoms with van der Waals surface area (Å²) < 4.78 is 29.5. The molecule has 0 unspecified atom stereocenters. The molecule has 0 aromatic heterocycles. The summed E-state index contributed by atoms with van der Waals surface area (Å²) in [5, 5.41) is 13.4. The molecule has 1 aromatic rings. The van der Waals surface area contributed by atoms with Crippen LogP contribution >= 0.6 is 0 Å². The number of rotatable bonds is 7. The van der Waals surface area contributed by atoms with E-state index in [2.05, 4.69) is 5.32 Å². The minimum Gasteiger partial charge on any atom is -0.497 e. The Morgan fingerprint density at radius 1 is 1.31 bits per heavy atom. The monoisotopic (exact) mass is 384 g/mol. The maximum absolute atomic E-state index is 12.3. The molecule has 1 aliphatic heterocycles. The van der Waals surface area contributed by atoms with Crippen molar-refractivity contribution in [1.82, 2.24) is 9.62 Å². The van der Waals surface area contributed by atoms with Gasteiger partial charge in [0.25, 0.3) is 0 Å². The second kappa shape index (κ2) is 8.37. The molecule has 0 radical (unpaired) electrons. The first kappa shape index (κ1) is 20.7. The molecule has 1 saturated heterocycles. The number of nitrogens with one attached hydrogen (secondary N) is 1. The van der Waals surface area contributed by atoms with Gasteiger partial charge in [0.15, 0.2) is 0 Å². The zero-order chi connectivity index (χ0) is 19.4. The molecule has 0 bridgehead atoms. The topological polar surface area (TPSA) is 95.9 Å². The van der Waals surface area contributed by atoms with Crippen LogP contribution in [0.15, 0.2) is 24.3 Å². The molecule has 0 spiro atoms. The summed E-state index contributed by atoms with van der Waals surface area (Å²) in [5.41, 5.74) is -0.121. The van der Waals surface area contributed by atoms with Crippen molar-refractivity contribution in [2.24, 2.45) is 5.92 Å². The van der Waals surface area contributed by atoms with E-state index in [0.29, 0.717) is 32.4 Å². The van der Waals surface area contributed by atoms with Gasteiger partial charge in [-0.3, -0.25) is 4.79 Å². The van der Waals surface area contributed by atoms with Crippen molar-refractivity contribution in [1.29, 1.82) is 0 Å². The third-order valence-corrected chi connectivity index (χ3v) is 5.98. The van der Waals surface area contributed by atoms with Crippen molar-refractivity contribution in [3.05, 3.63) is 29.8 Å². The number of benzene rings is 1. The van der Waals surface area contributed by atoms with Crippen molar-refractivity contribution in [3.8, 4) is 5.75 Å². The third-order valence-electron chi connectivity index (χ3n) is 4.68. The average molecular weight is 384 g/mol. The predicted molar refractivity (Wildman–Crippen MR) is 99.5 cm³/mol. The van der Waals surface area contributed by atoms with Crippen LogP contribution in [0, 0.1) is 5.92 Å². The highest BCUT2D eigenvalue weighted by Gasteiger charge is 2.30. The Balaban J connectivity index is 1.82. The summed E-state index contributed by atoms with van der Waals surface area (Å²) in [7, 11) is -1.60. The molecule has 8 heteroatoms. The Bertz CT molecular complexity index is 708. The van der Waals surface area contributed by atoms with Gasteiger partial charge in [0.1, 0.15) is 5.75 Å². The highest BCUT2D eigenvalue weighted by atomic mass is 32.2. The summed E-state index contributed by atoms with van der Waals surface area (Å²) >= 11 is 0. The van der Waals surface area contributed by atoms with Gasteiger partial charge in [-0.2, -0.15) is 0 Å². The first-order valence-electron chi connectivity index (χ1n) is 8.69. The fraction of sp³-hybridized carbons (Fsp3) is 0.611. The van der Waals surface area contributed by atoms with Crippen molar-refractivity contribution < 1.29 is 23.1 Å². The zero-order valence-electron chi connectivity index (χ0n) is 15.6. The molecule has 1 fully saturated rings. The minimum atomic E-state index is -3.20. The Morgan fingerprint density at radius 3 is 2.38 bits per heavy atom. The molecule has 0 saturated carbocycles. The maximum Gasteiger partial charge on any atom is 0.223 e. The summed E-state index contributed by atoms with van der Waals surface area (Å²) in [6, 6.07) is 7.44. The first-order chi connectivity index (χ1) is 12.1. The summed E-state index contributed by atoms with van der Waals surface area (Å²) in [4.78, 5) is 12.3. The summed E-state index contributed by atoms with van der Waals surface area (Å²) in [6.45, 7) is 2.55. The van der Waals surface area contributed by atoms with Gasteiger partial charge in [0, 0.05) is 32.0 Å². The number of hydrogen-bond donors (Lipinski definition) is 2. The summed E-state index contributed by atoms with van der Waals surface area (Å²) in [5.74, 6) is 0.403. The van der Waals surface area contributed by atoms with E-state index in [1.807, 2.05) is 24.3 Å². The fourth-order valence-electron chi connectivity index (χ4n) is 3.12. The van der Waals surface area contributed by atoms with Crippen LogP contribution in [0.25, 0.3) is 0 Å². The van der Waals surface area contributed by atoms with E-state index in [4.69, 9.17) is 4.74 Å². The Kier molecular flexibility index (Phi) is 6.65. The van der Waals surface area contributed by atoms with Gasteiger partial charge < -0.3 is 15.2 Å². The lowest BCUT2D eigenvalue weighted by molar-refractivity contribution is -0.127. The number of carbonyl (C=O) groups is 1. The number of piperidine rings is 1. The highest BCUT2D eigenvalue weighted by molar-refractivity contribution is 7.88. The number of hydrogen-bond acceptors (Lipinski definition) is 5. The first-order valence-corrected chi connectivity index (χ1v) is 10.5. The number of nitrogens with zero attached hydrogens (tertiary/aromatic N) is 1. The van der Waals surface area contributed by atoms with Crippen molar-refractivity contribution in [3.63, 3.8) is 0 Å². The second-order valence-corrected chi connectivity index (χ2v) is 9.16. The Hall–Kier alpha value is -1.64. The van der Waals surface area contributed by atoms with Gasteiger partial charge in [-0.05, 0) is 37.5 Å². The molecule has 7 nitrogen and oxygen atoms in total. The standard InChI is InChI=1S/C18H28N2O5S/c1-18(22,12-14-4-6-16(25-2)7-5-14)13-19-17(21)15-8-10-20(11-9-15)26(3,23)24/h4-7,15,22H,8-13H2,1-3H3,(H,19,21)/t18-/m0/s1. The van der Waals surface area contributed by atoms with Crippen LogP contribution in [-0.4, -0.2) is 62.3 Å². The molecule has 2 rings (SSSR count). The largest absolute Gasteiger partial charge is 0.497 e. The SMILES string of the molecule is COc1ccc(C[C@](C)(O)CNC(=O)C2CCN(S(C)(=O)=O)CC2)cc1. The van der Waals surface area contributed by atoms with Crippen LogP contribution in [-0.2, 0) is 21.2 Å². The van der Waals surface area contributed by atoms with Gasteiger partial charge in [-0.1, -0.05) is 12.1 Å². The Morgan fingerprint density at radius 2 is 1.88 bits per heavy atom. The second-order valence-electron chi connectivity index (χ2n) is 7.18. The quantitative estimate of drug-likeness (QED) is 0.724. The van der Waals surface area contributed by atoms with Crippen molar-refractivity contribution in [2.45, 2.75) is 31.8 Å². The fourth-order valence-corrected chi connectivity index (χ4v) is 3.99. The van der Waals surface area contributed by atoms with Crippen LogP contribution in [0.1, 0.15) is 25.3 Å². The van der Waals surface area contributed by atoms with Gasteiger partial charge >= 0.3 is 0 Å². The smallest absolute Gasteiger partial charge is 0.223 e. The summed E-state index contributed by atoms with van der Waals surface area (Å²) in [6.07, 6.45) is 2.59.